The summed E-state index contributed by atoms with van der Waals surface area (Å²) in [6.07, 6.45) is -0.0339. The van der Waals surface area contributed by atoms with Crippen LogP contribution in [0.5, 0.6) is 0 Å². The predicted octanol–water partition coefficient (Wildman–Crippen LogP) is 1.59. The van der Waals surface area contributed by atoms with E-state index in [-0.39, 0.29) is 17.9 Å². The zero-order valence-electron chi connectivity index (χ0n) is 16.8. The first-order valence-electron chi connectivity index (χ1n) is 10.3. The lowest BCUT2D eigenvalue weighted by Crippen LogP contribution is -2.67. The third kappa shape index (κ3) is 4.73. The molecular formula is C23H24ClN3O4. The Kier molecular flexibility index (Phi) is 6.25. The first kappa shape index (κ1) is 21.3. The first-order chi connectivity index (χ1) is 14.9. The standard InChI is InChI=1S/C23H24ClN3O4/c24-16-8-6-14(7-9-16)12-18-23(31)27-11-10-17(13-19(27)21(29)26-18)25-22(30)20(28)15-4-2-1-3-5-15/h1-9,17-20,28H,10-13H2,(H,25,30)(H,26,29). The lowest BCUT2D eigenvalue weighted by Gasteiger charge is -2.44. The van der Waals surface area contributed by atoms with Crippen molar-refractivity contribution < 1.29 is 19.5 Å². The molecule has 2 aliphatic rings. The molecule has 2 fully saturated rings. The molecule has 2 saturated heterocycles. The zero-order valence-corrected chi connectivity index (χ0v) is 17.6. The highest BCUT2D eigenvalue weighted by Crippen LogP contribution is 2.24. The molecule has 0 spiro atoms. The molecule has 0 radical (unpaired) electrons. The molecule has 2 heterocycles. The van der Waals surface area contributed by atoms with Crippen molar-refractivity contribution in [3.63, 3.8) is 0 Å². The lowest BCUT2D eigenvalue weighted by molar-refractivity contribution is -0.152. The Morgan fingerprint density at radius 3 is 2.58 bits per heavy atom. The molecular weight excluding hydrogens is 418 g/mol. The number of nitrogens with one attached hydrogen (secondary N) is 2. The molecule has 2 aromatic rings. The van der Waals surface area contributed by atoms with Gasteiger partial charge >= 0.3 is 0 Å². The number of piperidine rings is 1. The van der Waals surface area contributed by atoms with Gasteiger partial charge in [0.25, 0.3) is 5.91 Å². The monoisotopic (exact) mass is 441 g/mol. The van der Waals surface area contributed by atoms with E-state index in [9.17, 15) is 19.5 Å². The van der Waals surface area contributed by atoms with Crippen LogP contribution in [0.15, 0.2) is 54.6 Å². The summed E-state index contributed by atoms with van der Waals surface area (Å²) in [5, 5.41) is 16.5. The smallest absolute Gasteiger partial charge is 0.253 e. The molecule has 7 nitrogen and oxygen atoms in total. The summed E-state index contributed by atoms with van der Waals surface area (Å²) in [5.41, 5.74) is 1.42. The molecule has 2 aliphatic heterocycles. The van der Waals surface area contributed by atoms with Crippen LogP contribution in [0, 0.1) is 0 Å². The molecule has 0 saturated carbocycles. The van der Waals surface area contributed by atoms with Gasteiger partial charge < -0.3 is 20.6 Å². The molecule has 4 rings (SSSR count). The van der Waals surface area contributed by atoms with E-state index in [1.54, 1.807) is 41.3 Å². The van der Waals surface area contributed by atoms with Gasteiger partial charge in [0, 0.05) is 24.0 Å². The Hall–Kier alpha value is -2.90. The molecule has 4 unspecified atom stereocenters. The van der Waals surface area contributed by atoms with E-state index in [2.05, 4.69) is 10.6 Å². The number of rotatable bonds is 5. The third-order valence-corrected chi connectivity index (χ3v) is 6.12. The number of halogens is 1. The molecule has 2 aromatic carbocycles. The normalized spacial score (nSPS) is 24.2. The average molecular weight is 442 g/mol. The maximum Gasteiger partial charge on any atom is 0.253 e. The van der Waals surface area contributed by atoms with E-state index in [0.717, 1.165) is 5.56 Å². The minimum Gasteiger partial charge on any atom is -0.378 e. The number of fused-ring (bicyclic) bond motifs is 1. The van der Waals surface area contributed by atoms with Gasteiger partial charge in [-0.15, -0.1) is 0 Å². The van der Waals surface area contributed by atoms with Crippen LogP contribution in [0.2, 0.25) is 5.02 Å². The van der Waals surface area contributed by atoms with Crippen LogP contribution in [0.4, 0.5) is 0 Å². The highest BCUT2D eigenvalue weighted by molar-refractivity contribution is 6.30. The van der Waals surface area contributed by atoms with E-state index in [0.29, 0.717) is 36.4 Å². The topological polar surface area (TPSA) is 98.7 Å². The quantitative estimate of drug-likeness (QED) is 0.656. The molecule has 3 N–H and O–H groups in total. The maximum absolute atomic E-state index is 13.0. The van der Waals surface area contributed by atoms with Crippen molar-refractivity contribution >= 4 is 29.3 Å². The number of hydrogen-bond acceptors (Lipinski definition) is 4. The second-order valence-corrected chi connectivity index (χ2v) is 8.42. The number of amides is 3. The van der Waals surface area contributed by atoms with E-state index >= 15 is 0 Å². The Balaban J connectivity index is 1.37. The lowest BCUT2D eigenvalue weighted by atomic mass is 9.91. The minimum absolute atomic E-state index is 0.117. The first-order valence-corrected chi connectivity index (χ1v) is 10.7. The number of aliphatic hydroxyl groups excluding tert-OH is 1. The van der Waals surface area contributed by atoms with Crippen molar-refractivity contribution in [2.75, 3.05) is 6.54 Å². The fourth-order valence-corrected chi connectivity index (χ4v) is 4.33. The molecule has 31 heavy (non-hydrogen) atoms. The van der Waals surface area contributed by atoms with E-state index in [4.69, 9.17) is 11.6 Å². The SMILES string of the molecule is O=C(NC1CCN2C(=O)C(Cc3ccc(Cl)cc3)NC(=O)C2C1)C(O)c1ccccc1. The molecule has 4 atom stereocenters. The van der Waals surface area contributed by atoms with Crippen molar-refractivity contribution in [1.29, 1.82) is 0 Å². The second-order valence-electron chi connectivity index (χ2n) is 7.98. The van der Waals surface area contributed by atoms with Crippen LogP contribution >= 0.6 is 11.6 Å². The summed E-state index contributed by atoms with van der Waals surface area (Å²) in [7, 11) is 0. The summed E-state index contributed by atoms with van der Waals surface area (Å²) in [4.78, 5) is 39.7. The van der Waals surface area contributed by atoms with Gasteiger partial charge in [0.05, 0.1) is 0 Å². The second kappa shape index (κ2) is 9.08. The van der Waals surface area contributed by atoms with Crippen LogP contribution in [0.3, 0.4) is 0 Å². The van der Waals surface area contributed by atoms with Gasteiger partial charge in [-0.1, -0.05) is 54.1 Å². The Morgan fingerprint density at radius 1 is 1.16 bits per heavy atom. The molecule has 3 amide bonds. The number of carbonyl (C=O) groups excluding carboxylic acids is 3. The van der Waals surface area contributed by atoms with Crippen molar-refractivity contribution in [3.8, 4) is 0 Å². The highest BCUT2D eigenvalue weighted by atomic mass is 35.5. The van der Waals surface area contributed by atoms with Gasteiger partial charge in [0.15, 0.2) is 6.10 Å². The maximum atomic E-state index is 13.0. The molecule has 8 heteroatoms. The molecule has 162 valence electrons. The van der Waals surface area contributed by atoms with E-state index < -0.39 is 24.1 Å². The van der Waals surface area contributed by atoms with E-state index in [1.165, 1.54) is 0 Å². The fourth-order valence-electron chi connectivity index (χ4n) is 4.20. The molecule has 0 bridgehead atoms. The predicted molar refractivity (Wildman–Crippen MR) is 115 cm³/mol. The molecule has 0 aliphatic carbocycles. The summed E-state index contributed by atoms with van der Waals surface area (Å²) < 4.78 is 0. The van der Waals surface area contributed by atoms with Crippen LogP contribution in [0.1, 0.15) is 30.1 Å². The van der Waals surface area contributed by atoms with Crippen LogP contribution in [0.25, 0.3) is 0 Å². The number of aliphatic hydroxyl groups is 1. The van der Waals surface area contributed by atoms with Gasteiger partial charge in [-0.3, -0.25) is 14.4 Å². The third-order valence-electron chi connectivity index (χ3n) is 5.87. The average Bonchev–Trinajstić information content (AvgIpc) is 2.79. The van der Waals surface area contributed by atoms with E-state index in [1.807, 2.05) is 18.2 Å². The van der Waals surface area contributed by atoms with Crippen molar-refractivity contribution in [2.24, 2.45) is 0 Å². The van der Waals surface area contributed by atoms with Crippen molar-refractivity contribution in [2.45, 2.75) is 43.5 Å². The Labute approximate surface area is 185 Å². The van der Waals surface area contributed by atoms with Gasteiger partial charge in [-0.25, -0.2) is 0 Å². The summed E-state index contributed by atoms with van der Waals surface area (Å²) in [6, 6.07) is 14.3. The van der Waals surface area contributed by atoms with Crippen molar-refractivity contribution in [3.05, 3.63) is 70.7 Å². The Bertz CT molecular complexity index is 967. The van der Waals surface area contributed by atoms with Gasteiger partial charge in [-0.2, -0.15) is 0 Å². The van der Waals surface area contributed by atoms with Crippen LogP contribution < -0.4 is 10.6 Å². The number of benzene rings is 2. The molecule has 0 aromatic heterocycles. The fraction of sp³-hybridized carbons (Fsp3) is 0.348. The number of piperazine rings is 1. The van der Waals surface area contributed by atoms with Crippen LogP contribution in [-0.2, 0) is 20.8 Å². The largest absolute Gasteiger partial charge is 0.378 e. The highest BCUT2D eigenvalue weighted by Gasteiger charge is 2.44. The van der Waals surface area contributed by atoms with Gasteiger partial charge in [0.2, 0.25) is 11.8 Å². The van der Waals surface area contributed by atoms with Gasteiger partial charge in [-0.05, 0) is 36.1 Å². The van der Waals surface area contributed by atoms with Crippen molar-refractivity contribution in [1.82, 2.24) is 15.5 Å². The number of carbonyl (C=O) groups is 3. The van der Waals surface area contributed by atoms with Gasteiger partial charge in [0.1, 0.15) is 12.1 Å². The zero-order chi connectivity index (χ0) is 22.0. The van der Waals surface area contributed by atoms with Crippen LogP contribution in [-0.4, -0.2) is 52.4 Å². The summed E-state index contributed by atoms with van der Waals surface area (Å²) >= 11 is 5.91. The summed E-state index contributed by atoms with van der Waals surface area (Å²) in [6.45, 7) is 0.375. The minimum atomic E-state index is -1.27. The number of hydrogen-bond donors (Lipinski definition) is 3. The Morgan fingerprint density at radius 2 is 1.87 bits per heavy atom. The number of nitrogens with zero attached hydrogens (tertiary/aromatic N) is 1. The summed E-state index contributed by atoms with van der Waals surface area (Å²) in [5.74, 6) is -0.845.